The molecule has 1 amide bonds. The Balaban J connectivity index is 2.33. The van der Waals surface area contributed by atoms with E-state index >= 15 is 0 Å². The molecule has 0 aromatic heterocycles. The van der Waals surface area contributed by atoms with E-state index in [9.17, 15) is 4.79 Å². The van der Waals surface area contributed by atoms with Gasteiger partial charge in [0, 0.05) is 34.0 Å². The summed E-state index contributed by atoms with van der Waals surface area (Å²) in [6.45, 7) is 0. The number of nitrogen functional groups attached to an aromatic ring is 1. The number of halogens is 2. The minimum absolute atomic E-state index is 0.175. The summed E-state index contributed by atoms with van der Waals surface area (Å²) < 4.78 is 0. The van der Waals surface area contributed by atoms with Gasteiger partial charge in [0.25, 0.3) is 5.91 Å². The number of amides is 1. The number of hydrogen-bond donors (Lipinski definition) is 1. The van der Waals surface area contributed by atoms with Crippen molar-refractivity contribution in [3.8, 4) is 0 Å². The molecule has 0 bridgehead atoms. The van der Waals surface area contributed by atoms with Gasteiger partial charge in [-0.3, -0.25) is 4.79 Å². The minimum atomic E-state index is -0.175. The summed E-state index contributed by atoms with van der Waals surface area (Å²) in [7, 11) is 1.66. The van der Waals surface area contributed by atoms with Gasteiger partial charge in [0.05, 0.1) is 0 Å². The van der Waals surface area contributed by atoms with Crippen LogP contribution in [0.2, 0.25) is 10.0 Å². The molecule has 0 aliphatic heterocycles. The van der Waals surface area contributed by atoms with Gasteiger partial charge in [-0.05, 0) is 36.4 Å². The van der Waals surface area contributed by atoms with Gasteiger partial charge in [0.15, 0.2) is 0 Å². The van der Waals surface area contributed by atoms with Crippen molar-refractivity contribution in [2.45, 2.75) is 0 Å². The molecule has 0 heterocycles. The number of rotatable bonds is 2. The van der Waals surface area contributed by atoms with Crippen LogP contribution >= 0.6 is 23.2 Å². The van der Waals surface area contributed by atoms with Crippen molar-refractivity contribution in [3.05, 3.63) is 58.1 Å². The summed E-state index contributed by atoms with van der Waals surface area (Å²) in [4.78, 5) is 13.8. The van der Waals surface area contributed by atoms with Crippen LogP contribution in [0.5, 0.6) is 0 Å². The summed E-state index contributed by atoms with van der Waals surface area (Å²) in [5, 5.41) is 0.962. The molecule has 0 spiro atoms. The van der Waals surface area contributed by atoms with E-state index in [0.717, 1.165) is 0 Å². The van der Waals surface area contributed by atoms with Crippen LogP contribution in [0, 0.1) is 0 Å². The molecular formula is C14H12Cl2N2O. The summed E-state index contributed by atoms with van der Waals surface area (Å²) in [6, 6.07) is 11.8. The molecule has 2 aromatic carbocycles. The Kier molecular flexibility index (Phi) is 3.98. The SMILES string of the molecule is CN(C(=O)c1cccc(N)c1)c1cc(Cl)cc(Cl)c1. The standard InChI is InChI=1S/C14H12Cl2N2O/c1-18(13-7-10(15)6-11(16)8-13)14(19)9-3-2-4-12(17)5-9/h2-8H,17H2,1H3. The van der Waals surface area contributed by atoms with Crippen molar-refractivity contribution in [3.63, 3.8) is 0 Å². The summed E-state index contributed by atoms with van der Waals surface area (Å²) in [5.74, 6) is -0.175. The first kappa shape index (κ1) is 13.7. The molecule has 2 rings (SSSR count). The summed E-state index contributed by atoms with van der Waals surface area (Å²) in [6.07, 6.45) is 0. The van der Waals surface area contributed by atoms with E-state index in [4.69, 9.17) is 28.9 Å². The van der Waals surface area contributed by atoms with Gasteiger partial charge in [-0.1, -0.05) is 29.3 Å². The number of carbonyl (C=O) groups excluding carboxylic acids is 1. The molecule has 19 heavy (non-hydrogen) atoms. The Hall–Kier alpha value is -1.71. The van der Waals surface area contributed by atoms with Crippen LogP contribution in [0.3, 0.4) is 0 Å². The highest BCUT2D eigenvalue weighted by molar-refractivity contribution is 6.35. The van der Waals surface area contributed by atoms with Gasteiger partial charge < -0.3 is 10.6 Å². The quantitative estimate of drug-likeness (QED) is 0.855. The zero-order chi connectivity index (χ0) is 14.0. The molecule has 0 aliphatic carbocycles. The van der Waals surface area contributed by atoms with Gasteiger partial charge in [-0.25, -0.2) is 0 Å². The van der Waals surface area contributed by atoms with Gasteiger partial charge in [0.1, 0.15) is 0 Å². The Labute approximate surface area is 121 Å². The third kappa shape index (κ3) is 3.19. The summed E-state index contributed by atoms with van der Waals surface area (Å²) >= 11 is 11.9. The number of nitrogens with zero attached hydrogens (tertiary/aromatic N) is 1. The Bertz CT molecular complexity index is 608. The van der Waals surface area contributed by atoms with E-state index in [1.54, 1.807) is 49.5 Å². The highest BCUT2D eigenvalue weighted by atomic mass is 35.5. The lowest BCUT2D eigenvalue weighted by Gasteiger charge is -2.18. The van der Waals surface area contributed by atoms with Crippen molar-refractivity contribution in [2.75, 3.05) is 17.7 Å². The topological polar surface area (TPSA) is 46.3 Å². The van der Waals surface area contributed by atoms with E-state index in [2.05, 4.69) is 0 Å². The molecule has 0 fully saturated rings. The largest absolute Gasteiger partial charge is 0.399 e. The fourth-order valence-corrected chi connectivity index (χ4v) is 2.23. The molecule has 3 nitrogen and oxygen atoms in total. The average Bonchev–Trinajstić information content (AvgIpc) is 2.36. The van der Waals surface area contributed by atoms with E-state index in [-0.39, 0.29) is 5.91 Å². The second kappa shape index (κ2) is 5.51. The third-order valence-electron chi connectivity index (χ3n) is 2.67. The molecule has 5 heteroatoms. The van der Waals surface area contributed by atoms with Crippen molar-refractivity contribution in [1.82, 2.24) is 0 Å². The molecule has 0 unspecified atom stereocenters. The Morgan fingerprint density at radius 2 is 1.74 bits per heavy atom. The molecule has 0 saturated heterocycles. The molecule has 0 atom stereocenters. The number of carbonyl (C=O) groups is 1. The lowest BCUT2D eigenvalue weighted by Crippen LogP contribution is -2.26. The van der Waals surface area contributed by atoms with Crippen LogP contribution in [0.4, 0.5) is 11.4 Å². The lowest BCUT2D eigenvalue weighted by molar-refractivity contribution is 0.0993. The number of benzene rings is 2. The maximum atomic E-state index is 12.3. The first-order valence-electron chi connectivity index (χ1n) is 5.57. The van der Waals surface area contributed by atoms with E-state index in [1.807, 2.05) is 0 Å². The first-order chi connectivity index (χ1) is 8.97. The van der Waals surface area contributed by atoms with Crippen LogP contribution < -0.4 is 10.6 Å². The fourth-order valence-electron chi connectivity index (χ4n) is 1.72. The third-order valence-corrected chi connectivity index (χ3v) is 3.11. The molecule has 0 saturated carbocycles. The average molecular weight is 295 g/mol. The molecule has 0 aliphatic rings. The second-order valence-corrected chi connectivity index (χ2v) is 4.99. The maximum absolute atomic E-state index is 12.3. The van der Waals surface area contributed by atoms with Crippen LogP contribution in [0.25, 0.3) is 0 Å². The second-order valence-electron chi connectivity index (χ2n) is 4.12. The predicted molar refractivity (Wildman–Crippen MR) is 80.0 cm³/mol. The summed E-state index contributed by atoms with van der Waals surface area (Å²) in [5.41, 5.74) is 7.36. The van der Waals surface area contributed by atoms with Crippen LogP contribution in [0.15, 0.2) is 42.5 Å². The predicted octanol–water partition coefficient (Wildman–Crippen LogP) is 3.85. The van der Waals surface area contributed by atoms with Crippen LogP contribution in [0.1, 0.15) is 10.4 Å². The molecule has 2 N–H and O–H groups in total. The number of anilines is 2. The molecule has 98 valence electrons. The highest BCUT2D eigenvalue weighted by Crippen LogP contribution is 2.25. The maximum Gasteiger partial charge on any atom is 0.258 e. The normalized spacial score (nSPS) is 10.3. The Morgan fingerprint density at radius 3 is 2.32 bits per heavy atom. The molecule has 2 aromatic rings. The number of hydrogen-bond acceptors (Lipinski definition) is 2. The molecule has 0 radical (unpaired) electrons. The number of nitrogens with two attached hydrogens (primary N) is 1. The first-order valence-corrected chi connectivity index (χ1v) is 6.32. The van der Waals surface area contributed by atoms with Gasteiger partial charge >= 0.3 is 0 Å². The van der Waals surface area contributed by atoms with Gasteiger partial charge in [0.2, 0.25) is 0 Å². The Morgan fingerprint density at radius 1 is 1.11 bits per heavy atom. The van der Waals surface area contributed by atoms with Crippen LogP contribution in [-0.2, 0) is 0 Å². The smallest absolute Gasteiger partial charge is 0.258 e. The van der Waals surface area contributed by atoms with Crippen LogP contribution in [-0.4, -0.2) is 13.0 Å². The van der Waals surface area contributed by atoms with Gasteiger partial charge in [-0.2, -0.15) is 0 Å². The van der Waals surface area contributed by atoms with E-state index < -0.39 is 0 Å². The zero-order valence-electron chi connectivity index (χ0n) is 10.2. The van der Waals surface area contributed by atoms with Crippen molar-refractivity contribution in [1.29, 1.82) is 0 Å². The van der Waals surface area contributed by atoms with Crippen molar-refractivity contribution >= 4 is 40.5 Å². The monoisotopic (exact) mass is 294 g/mol. The highest BCUT2D eigenvalue weighted by Gasteiger charge is 2.14. The molecular weight excluding hydrogens is 283 g/mol. The van der Waals surface area contributed by atoms with Gasteiger partial charge in [-0.15, -0.1) is 0 Å². The van der Waals surface area contributed by atoms with Crippen molar-refractivity contribution in [2.24, 2.45) is 0 Å². The minimum Gasteiger partial charge on any atom is -0.399 e. The fraction of sp³-hybridized carbons (Fsp3) is 0.0714. The van der Waals surface area contributed by atoms with E-state index in [0.29, 0.717) is 27.0 Å². The zero-order valence-corrected chi connectivity index (χ0v) is 11.7. The van der Waals surface area contributed by atoms with E-state index in [1.165, 1.54) is 4.90 Å². The van der Waals surface area contributed by atoms with Crippen molar-refractivity contribution < 1.29 is 4.79 Å². The lowest BCUT2D eigenvalue weighted by atomic mass is 10.1.